The highest BCUT2D eigenvalue weighted by Gasteiger charge is 2.10. The van der Waals surface area contributed by atoms with Gasteiger partial charge >= 0.3 is 0 Å². The summed E-state index contributed by atoms with van der Waals surface area (Å²) in [6.45, 7) is 0. The van der Waals surface area contributed by atoms with Crippen molar-refractivity contribution >= 4 is 30.3 Å². The molecule has 0 aliphatic heterocycles. The molecule has 0 fully saturated rings. The van der Waals surface area contributed by atoms with Crippen molar-refractivity contribution in [2.24, 2.45) is 0 Å². The first-order chi connectivity index (χ1) is 11.0. The standard InChI is InChI=1S/C17H17NO4S/c1-21-14-9-11(10-15(22-2)17(14)20)3-8-16(19)18-12-4-6-13(23)7-5-12/h3-10,20,23H,1-2H3,(H,18,19)/b8-3+. The van der Waals surface area contributed by atoms with Gasteiger partial charge in [0.05, 0.1) is 14.2 Å². The lowest BCUT2D eigenvalue weighted by molar-refractivity contribution is -0.111. The minimum Gasteiger partial charge on any atom is -0.502 e. The van der Waals surface area contributed by atoms with Gasteiger partial charge in [0.25, 0.3) is 0 Å². The summed E-state index contributed by atoms with van der Waals surface area (Å²) in [6.07, 6.45) is 2.99. The third kappa shape index (κ3) is 4.43. The van der Waals surface area contributed by atoms with Crippen molar-refractivity contribution in [3.05, 3.63) is 48.0 Å². The Morgan fingerprint density at radius 2 is 1.70 bits per heavy atom. The molecule has 1 amide bonds. The average molecular weight is 331 g/mol. The second kappa shape index (κ2) is 7.60. The van der Waals surface area contributed by atoms with Gasteiger partial charge in [0.2, 0.25) is 11.7 Å². The molecule has 5 nitrogen and oxygen atoms in total. The van der Waals surface area contributed by atoms with Crippen LogP contribution in [0.15, 0.2) is 47.4 Å². The number of carbonyl (C=O) groups is 1. The van der Waals surface area contributed by atoms with E-state index in [0.717, 1.165) is 4.90 Å². The van der Waals surface area contributed by atoms with Crippen molar-refractivity contribution in [3.8, 4) is 17.2 Å². The number of hydrogen-bond donors (Lipinski definition) is 3. The van der Waals surface area contributed by atoms with Crippen LogP contribution >= 0.6 is 12.6 Å². The Kier molecular flexibility index (Phi) is 5.54. The molecule has 23 heavy (non-hydrogen) atoms. The van der Waals surface area contributed by atoms with Gasteiger partial charge in [-0.05, 0) is 48.0 Å². The maximum atomic E-state index is 11.9. The molecule has 0 bridgehead atoms. The van der Waals surface area contributed by atoms with Crippen LogP contribution in [0.25, 0.3) is 6.08 Å². The number of phenolic OH excluding ortho intramolecular Hbond substituents is 1. The lowest BCUT2D eigenvalue weighted by Gasteiger charge is -2.09. The summed E-state index contributed by atoms with van der Waals surface area (Å²) >= 11 is 4.19. The van der Waals surface area contributed by atoms with Gasteiger partial charge in [0.15, 0.2) is 11.5 Å². The Balaban J connectivity index is 2.12. The van der Waals surface area contributed by atoms with E-state index in [2.05, 4.69) is 17.9 Å². The lowest BCUT2D eigenvalue weighted by Crippen LogP contribution is -2.07. The van der Waals surface area contributed by atoms with E-state index in [1.807, 2.05) is 0 Å². The van der Waals surface area contributed by atoms with E-state index in [9.17, 15) is 9.90 Å². The molecule has 0 radical (unpaired) electrons. The van der Waals surface area contributed by atoms with Crippen LogP contribution < -0.4 is 14.8 Å². The smallest absolute Gasteiger partial charge is 0.248 e. The van der Waals surface area contributed by atoms with Crippen LogP contribution in [0.5, 0.6) is 17.2 Å². The van der Waals surface area contributed by atoms with Gasteiger partial charge in [-0.25, -0.2) is 0 Å². The summed E-state index contributed by atoms with van der Waals surface area (Å²) in [5, 5.41) is 12.6. The number of carbonyl (C=O) groups excluding carboxylic acids is 1. The molecule has 120 valence electrons. The van der Waals surface area contributed by atoms with E-state index in [0.29, 0.717) is 11.3 Å². The molecule has 0 unspecified atom stereocenters. The van der Waals surface area contributed by atoms with Crippen molar-refractivity contribution in [3.63, 3.8) is 0 Å². The second-order valence-electron chi connectivity index (χ2n) is 4.64. The van der Waals surface area contributed by atoms with Crippen LogP contribution in [0.2, 0.25) is 0 Å². The van der Waals surface area contributed by atoms with Gasteiger partial charge in [-0.2, -0.15) is 0 Å². The summed E-state index contributed by atoms with van der Waals surface area (Å²) in [4.78, 5) is 12.7. The molecular weight excluding hydrogens is 314 g/mol. The average Bonchev–Trinajstić information content (AvgIpc) is 2.56. The number of anilines is 1. The molecule has 0 aliphatic carbocycles. The van der Waals surface area contributed by atoms with Gasteiger partial charge in [0.1, 0.15) is 0 Å². The van der Waals surface area contributed by atoms with Crippen LogP contribution in [-0.4, -0.2) is 25.2 Å². The Morgan fingerprint density at radius 1 is 1.13 bits per heavy atom. The zero-order valence-corrected chi connectivity index (χ0v) is 13.6. The van der Waals surface area contributed by atoms with Crippen LogP contribution in [-0.2, 0) is 4.79 Å². The molecule has 2 aromatic carbocycles. The molecule has 0 heterocycles. The number of ether oxygens (including phenoxy) is 2. The molecule has 0 atom stereocenters. The third-order valence-electron chi connectivity index (χ3n) is 3.06. The highest BCUT2D eigenvalue weighted by atomic mass is 32.1. The quantitative estimate of drug-likeness (QED) is 0.580. The van der Waals surface area contributed by atoms with Crippen molar-refractivity contribution in [1.29, 1.82) is 0 Å². The Hall–Kier alpha value is -2.60. The van der Waals surface area contributed by atoms with Crippen molar-refractivity contribution < 1.29 is 19.4 Å². The van der Waals surface area contributed by atoms with Gasteiger partial charge in [-0.3, -0.25) is 4.79 Å². The van der Waals surface area contributed by atoms with E-state index in [4.69, 9.17) is 9.47 Å². The zero-order chi connectivity index (χ0) is 16.8. The first-order valence-corrected chi connectivity index (χ1v) is 7.21. The highest BCUT2D eigenvalue weighted by Crippen LogP contribution is 2.37. The van der Waals surface area contributed by atoms with Crippen molar-refractivity contribution in [2.45, 2.75) is 4.90 Å². The van der Waals surface area contributed by atoms with Crippen LogP contribution in [0.3, 0.4) is 0 Å². The molecule has 0 saturated heterocycles. The first-order valence-electron chi connectivity index (χ1n) is 6.76. The monoisotopic (exact) mass is 331 g/mol. The van der Waals surface area contributed by atoms with Crippen LogP contribution in [0.4, 0.5) is 5.69 Å². The summed E-state index contributed by atoms with van der Waals surface area (Å²) in [5.41, 5.74) is 1.34. The van der Waals surface area contributed by atoms with Crippen molar-refractivity contribution in [1.82, 2.24) is 0 Å². The number of phenols is 1. The minimum atomic E-state index is -0.275. The number of hydrogen-bond acceptors (Lipinski definition) is 5. The molecular formula is C17H17NO4S. The summed E-state index contributed by atoms with van der Waals surface area (Å²) < 4.78 is 10.1. The fourth-order valence-electron chi connectivity index (χ4n) is 1.91. The largest absolute Gasteiger partial charge is 0.502 e. The number of methoxy groups -OCH3 is 2. The lowest BCUT2D eigenvalue weighted by atomic mass is 10.1. The van der Waals surface area contributed by atoms with E-state index in [1.54, 1.807) is 42.5 Å². The highest BCUT2D eigenvalue weighted by molar-refractivity contribution is 7.80. The molecule has 2 aromatic rings. The van der Waals surface area contributed by atoms with Crippen molar-refractivity contribution in [2.75, 3.05) is 19.5 Å². The van der Waals surface area contributed by atoms with Gasteiger partial charge in [-0.1, -0.05) is 0 Å². The molecule has 0 aromatic heterocycles. The summed E-state index contributed by atoms with van der Waals surface area (Å²) in [5.74, 6) is 0.189. The molecule has 0 spiro atoms. The topological polar surface area (TPSA) is 67.8 Å². The van der Waals surface area contributed by atoms with E-state index < -0.39 is 0 Å². The Bertz CT molecular complexity index is 701. The molecule has 0 saturated carbocycles. The first kappa shape index (κ1) is 16.8. The second-order valence-corrected chi connectivity index (χ2v) is 5.16. The third-order valence-corrected chi connectivity index (χ3v) is 3.36. The predicted molar refractivity (Wildman–Crippen MR) is 92.6 cm³/mol. The van der Waals surface area contributed by atoms with E-state index in [1.165, 1.54) is 20.3 Å². The van der Waals surface area contributed by atoms with Gasteiger partial charge < -0.3 is 19.9 Å². The number of nitrogens with one attached hydrogen (secondary N) is 1. The normalized spacial score (nSPS) is 10.6. The Morgan fingerprint density at radius 3 is 2.22 bits per heavy atom. The number of benzene rings is 2. The van der Waals surface area contributed by atoms with Crippen LogP contribution in [0, 0.1) is 0 Å². The summed E-state index contributed by atoms with van der Waals surface area (Å²) in [7, 11) is 2.89. The van der Waals surface area contributed by atoms with Crippen LogP contribution in [0.1, 0.15) is 5.56 Å². The van der Waals surface area contributed by atoms with E-state index >= 15 is 0 Å². The number of amides is 1. The van der Waals surface area contributed by atoms with Gasteiger partial charge in [-0.15, -0.1) is 12.6 Å². The SMILES string of the molecule is COc1cc(/C=C/C(=O)Nc2ccc(S)cc2)cc(OC)c1O. The fraction of sp³-hybridized carbons (Fsp3) is 0.118. The maximum Gasteiger partial charge on any atom is 0.248 e. The molecule has 0 aliphatic rings. The molecule has 2 N–H and O–H groups in total. The van der Waals surface area contributed by atoms with Gasteiger partial charge in [0, 0.05) is 16.7 Å². The fourth-order valence-corrected chi connectivity index (χ4v) is 2.06. The number of rotatable bonds is 5. The molecule has 6 heteroatoms. The number of thiol groups is 1. The maximum absolute atomic E-state index is 11.9. The summed E-state index contributed by atoms with van der Waals surface area (Å²) in [6, 6.07) is 10.3. The van der Waals surface area contributed by atoms with E-state index in [-0.39, 0.29) is 23.2 Å². The number of aromatic hydroxyl groups is 1. The minimum absolute atomic E-state index is 0.0801. The Labute approximate surface area is 140 Å². The molecule has 2 rings (SSSR count). The predicted octanol–water partition coefficient (Wildman–Crippen LogP) is 3.35. The zero-order valence-electron chi connectivity index (χ0n) is 12.7.